The van der Waals surface area contributed by atoms with E-state index in [0.29, 0.717) is 14.7 Å². The number of sulfonamides is 1. The third-order valence-corrected chi connectivity index (χ3v) is 4.96. The van der Waals surface area contributed by atoms with E-state index in [1.54, 1.807) is 6.92 Å². The Hall–Kier alpha value is -0.640. The largest absolute Gasteiger partial charge is 0.479 e. The second-order valence-electron chi connectivity index (χ2n) is 4.80. The number of carbonyl (C=O) groups is 1. The van der Waals surface area contributed by atoms with Gasteiger partial charge in [0, 0.05) is 6.04 Å². The van der Waals surface area contributed by atoms with Crippen molar-refractivity contribution in [2.45, 2.75) is 36.8 Å². The Kier molecular flexibility index (Phi) is 4.96. The molecule has 0 spiro atoms. The highest BCUT2D eigenvalue weighted by atomic mass is 79.9. The second kappa shape index (κ2) is 6.23. The summed E-state index contributed by atoms with van der Waals surface area (Å²) in [5, 5.41) is 7.92. The molecule has 1 atom stereocenters. The smallest absolute Gasteiger partial charge is 0.260 e. The van der Waals surface area contributed by atoms with Crippen molar-refractivity contribution in [1.29, 1.82) is 0 Å². The van der Waals surface area contributed by atoms with Gasteiger partial charge >= 0.3 is 0 Å². The van der Waals surface area contributed by atoms with Crippen LogP contribution < -0.4 is 15.2 Å². The zero-order valence-corrected chi connectivity index (χ0v) is 15.1. The van der Waals surface area contributed by atoms with Crippen molar-refractivity contribution in [2.24, 2.45) is 5.14 Å². The van der Waals surface area contributed by atoms with E-state index in [1.807, 2.05) is 0 Å². The zero-order valence-electron chi connectivity index (χ0n) is 11.1. The molecule has 9 heteroatoms. The van der Waals surface area contributed by atoms with E-state index >= 15 is 0 Å². The van der Waals surface area contributed by atoms with Crippen LogP contribution in [0, 0.1) is 0 Å². The van der Waals surface area contributed by atoms with E-state index in [-0.39, 0.29) is 16.8 Å². The molecule has 0 heterocycles. The molecule has 0 radical (unpaired) electrons. The van der Waals surface area contributed by atoms with Crippen LogP contribution in [-0.4, -0.2) is 26.5 Å². The van der Waals surface area contributed by atoms with E-state index < -0.39 is 16.1 Å². The van der Waals surface area contributed by atoms with E-state index in [0.717, 1.165) is 12.8 Å². The van der Waals surface area contributed by atoms with E-state index in [9.17, 15) is 13.2 Å². The van der Waals surface area contributed by atoms with Crippen molar-refractivity contribution in [3.05, 3.63) is 21.1 Å². The molecule has 6 nitrogen and oxygen atoms in total. The molecule has 0 aromatic heterocycles. The van der Waals surface area contributed by atoms with Gasteiger partial charge in [-0.2, -0.15) is 0 Å². The first-order chi connectivity index (χ1) is 9.68. The quantitative estimate of drug-likeness (QED) is 0.728. The Labute approximate surface area is 139 Å². The van der Waals surface area contributed by atoms with Gasteiger partial charge in [-0.1, -0.05) is 0 Å². The minimum Gasteiger partial charge on any atom is -0.479 e. The molecule has 2 rings (SSSR count). The van der Waals surface area contributed by atoms with Crippen LogP contribution in [0.2, 0.25) is 0 Å². The number of rotatable bonds is 5. The van der Waals surface area contributed by atoms with Gasteiger partial charge in [0.05, 0.1) is 13.8 Å². The van der Waals surface area contributed by atoms with Crippen LogP contribution in [0.5, 0.6) is 5.75 Å². The van der Waals surface area contributed by atoms with E-state index in [4.69, 9.17) is 9.88 Å². The van der Waals surface area contributed by atoms with Gasteiger partial charge in [-0.25, -0.2) is 13.6 Å². The monoisotopic (exact) mass is 440 g/mol. The summed E-state index contributed by atoms with van der Waals surface area (Å²) in [6.45, 7) is 1.63. The third-order valence-electron chi connectivity index (χ3n) is 2.89. The highest BCUT2D eigenvalue weighted by molar-refractivity contribution is 9.11. The van der Waals surface area contributed by atoms with E-state index in [1.165, 1.54) is 12.1 Å². The standard InChI is InChI=1S/C12H14Br2N2O4S/c1-6(12(17)16-7-2-3-7)20-11-9(13)4-8(5-10(11)14)21(15,18)19/h4-7H,2-3H2,1H3,(H,16,17)(H2,15,18,19). The second-order valence-corrected chi connectivity index (χ2v) is 8.07. The minimum absolute atomic E-state index is 0.0521. The highest BCUT2D eigenvalue weighted by Crippen LogP contribution is 2.36. The van der Waals surface area contributed by atoms with Crippen LogP contribution in [0.3, 0.4) is 0 Å². The van der Waals surface area contributed by atoms with Crippen LogP contribution in [0.25, 0.3) is 0 Å². The molecule has 0 bridgehead atoms. The molecule has 1 unspecified atom stereocenters. The summed E-state index contributed by atoms with van der Waals surface area (Å²) in [6, 6.07) is 2.92. The molecule has 1 fully saturated rings. The summed E-state index contributed by atoms with van der Waals surface area (Å²) in [5.41, 5.74) is 0. The van der Waals surface area contributed by atoms with E-state index in [2.05, 4.69) is 37.2 Å². The van der Waals surface area contributed by atoms with Crippen molar-refractivity contribution in [3.63, 3.8) is 0 Å². The number of carbonyl (C=O) groups excluding carboxylic acids is 1. The van der Waals surface area contributed by atoms with Crippen molar-refractivity contribution >= 4 is 47.8 Å². The molecule has 3 N–H and O–H groups in total. The number of benzene rings is 1. The van der Waals surface area contributed by atoms with Gasteiger partial charge in [0.15, 0.2) is 6.10 Å². The number of hydrogen-bond acceptors (Lipinski definition) is 4. The zero-order chi connectivity index (χ0) is 15.8. The molecule has 1 aromatic rings. The van der Waals surface area contributed by atoms with Crippen LogP contribution >= 0.6 is 31.9 Å². The molecule has 1 amide bonds. The molecule has 116 valence electrons. The fourth-order valence-corrected chi connectivity index (χ4v) is 3.83. The SMILES string of the molecule is CC(Oc1c(Br)cc(S(N)(=O)=O)cc1Br)C(=O)NC1CC1. The van der Waals surface area contributed by atoms with Crippen molar-refractivity contribution in [3.8, 4) is 5.75 Å². The summed E-state index contributed by atoms with van der Waals surface area (Å²) >= 11 is 6.45. The number of hydrogen-bond donors (Lipinski definition) is 2. The van der Waals surface area contributed by atoms with Crippen molar-refractivity contribution in [2.75, 3.05) is 0 Å². The lowest BCUT2D eigenvalue weighted by Crippen LogP contribution is -2.37. The average molecular weight is 442 g/mol. The van der Waals surface area contributed by atoms with Gasteiger partial charge < -0.3 is 10.1 Å². The number of nitrogens with two attached hydrogens (primary N) is 1. The number of nitrogens with one attached hydrogen (secondary N) is 1. The molecule has 21 heavy (non-hydrogen) atoms. The maximum Gasteiger partial charge on any atom is 0.260 e. The molecule has 1 saturated carbocycles. The number of halogens is 2. The summed E-state index contributed by atoms with van der Waals surface area (Å²) in [7, 11) is -3.81. The molecular formula is C12H14Br2N2O4S. The maximum atomic E-state index is 11.9. The number of primary sulfonamides is 1. The van der Waals surface area contributed by atoms with Gasteiger partial charge in [-0.3, -0.25) is 4.79 Å². The van der Waals surface area contributed by atoms with Gasteiger partial charge in [-0.05, 0) is 63.8 Å². The van der Waals surface area contributed by atoms with Gasteiger partial charge in [0.25, 0.3) is 5.91 Å². The van der Waals surface area contributed by atoms with Crippen molar-refractivity contribution in [1.82, 2.24) is 5.32 Å². The maximum absolute atomic E-state index is 11.9. The molecule has 0 aliphatic heterocycles. The van der Waals surface area contributed by atoms with Crippen LogP contribution in [-0.2, 0) is 14.8 Å². The van der Waals surface area contributed by atoms with Crippen molar-refractivity contribution < 1.29 is 17.9 Å². The minimum atomic E-state index is -3.81. The van der Waals surface area contributed by atoms with Gasteiger partial charge in [-0.15, -0.1) is 0 Å². The summed E-state index contributed by atoms with van der Waals surface area (Å²) < 4.78 is 29.1. The van der Waals surface area contributed by atoms with Gasteiger partial charge in [0.2, 0.25) is 10.0 Å². The molecule has 1 aromatic carbocycles. The number of ether oxygens (including phenoxy) is 1. The highest BCUT2D eigenvalue weighted by Gasteiger charge is 2.27. The van der Waals surface area contributed by atoms with Crippen LogP contribution in [0.1, 0.15) is 19.8 Å². The molecule has 1 aliphatic carbocycles. The predicted octanol–water partition coefficient (Wildman–Crippen LogP) is 1.90. The lowest BCUT2D eigenvalue weighted by atomic mass is 10.3. The van der Waals surface area contributed by atoms with Crippen LogP contribution in [0.4, 0.5) is 0 Å². The normalized spacial score (nSPS) is 16.4. The lowest BCUT2D eigenvalue weighted by Gasteiger charge is -2.17. The fraction of sp³-hybridized carbons (Fsp3) is 0.417. The Morgan fingerprint density at radius 3 is 2.33 bits per heavy atom. The summed E-state index contributed by atoms with van der Waals surface area (Å²) in [6.07, 6.45) is 1.29. The van der Waals surface area contributed by atoms with Crippen LogP contribution in [0.15, 0.2) is 26.0 Å². The molecule has 0 saturated heterocycles. The summed E-state index contributed by atoms with van der Waals surface area (Å²) in [4.78, 5) is 11.8. The van der Waals surface area contributed by atoms with Gasteiger partial charge in [0.1, 0.15) is 5.75 Å². The fourth-order valence-electron chi connectivity index (χ4n) is 1.59. The molecular weight excluding hydrogens is 428 g/mol. The first-order valence-electron chi connectivity index (χ1n) is 6.17. The Morgan fingerprint density at radius 2 is 1.90 bits per heavy atom. The summed E-state index contributed by atoms with van der Waals surface area (Å²) in [5.74, 6) is 0.146. The number of amides is 1. The predicted molar refractivity (Wildman–Crippen MR) is 84.5 cm³/mol. The average Bonchev–Trinajstić information content (AvgIpc) is 3.15. The first kappa shape index (κ1) is 16.7. The Balaban J connectivity index is 2.18. The molecule has 1 aliphatic rings. The first-order valence-corrected chi connectivity index (χ1v) is 9.30. The lowest BCUT2D eigenvalue weighted by molar-refractivity contribution is -0.127. The Morgan fingerprint density at radius 1 is 1.38 bits per heavy atom. The third kappa shape index (κ3) is 4.41. The Bertz CT molecular complexity index is 651. The topological polar surface area (TPSA) is 98.5 Å².